The lowest BCUT2D eigenvalue weighted by atomic mass is 10.2. The third-order valence-corrected chi connectivity index (χ3v) is 3.63. The van der Waals surface area contributed by atoms with E-state index in [1.54, 1.807) is 23.3 Å². The van der Waals surface area contributed by atoms with Gasteiger partial charge in [0, 0.05) is 29.6 Å². The molecule has 100 valence electrons. The molecule has 4 nitrogen and oxygen atoms in total. The highest BCUT2D eigenvalue weighted by Gasteiger charge is 2.10. The lowest BCUT2D eigenvalue weighted by molar-refractivity contribution is -0.137. The third kappa shape index (κ3) is 5.31. The van der Waals surface area contributed by atoms with Crippen molar-refractivity contribution in [2.75, 3.05) is 7.05 Å². The normalized spacial score (nSPS) is 10.3. The molecule has 0 radical (unpaired) electrons. The molecule has 18 heavy (non-hydrogen) atoms. The highest BCUT2D eigenvalue weighted by atomic mass is 32.1. The van der Waals surface area contributed by atoms with Crippen molar-refractivity contribution in [3.63, 3.8) is 0 Å². The van der Waals surface area contributed by atoms with Crippen molar-refractivity contribution in [2.24, 2.45) is 0 Å². The number of amides is 1. The van der Waals surface area contributed by atoms with Crippen LogP contribution in [0.1, 0.15) is 35.4 Å². The second-order valence-electron chi connectivity index (χ2n) is 4.36. The lowest BCUT2D eigenvalue weighted by Crippen LogP contribution is -2.25. The third-order valence-electron chi connectivity index (χ3n) is 2.65. The molecule has 0 aliphatic heterocycles. The number of aliphatic carboxylic acids is 1. The average Bonchev–Trinajstić information content (AvgIpc) is 2.69. The number of rotatable bonds is 7. The molecule has 1 heterocycles. The Balaban J connectivity index is 2.26. The van der Waals surface area contributed by atoms with Crippen molar-refractivity contribution in [3.8, 4) is 0 Å². The van der Waals surface area contributed by atoms with Crippen molar-refractivity contribution < 1.29 is 14.7 Å². The minimum atomic E-state index is -0.801. The minimum Gasteiger partial charge on any atom is -0.481 e. The summed E-state index contributed by atoms with van der Waals surface area (Å²) in [6.07, 6.45) is 1.77. The first-order valence-electron chi connectivity index (χ1n) is 6.00. The average molecular weight is 269 g/mol. The fraction of sp³-hybridized carbons (Fsp3) is 0.538. The predicted molar refractivity (Wildman–Crippen MR) is 71.6 cm³/mol. The molecule has 0 atom stereocenters. The number of hydrogen-bond donors (Lipinski definition) is 1. The Kier molecular flexibility index (Phi) is 5.85. The van der Waals surface area contributed by atoms with Crippen LogP contribution in [-0.4, -0.2) is 28.9 Å². The van der Waals surface area contributed by atoms with Crippen molar-refractivity contribution in [1.29, 1.82) is 0 Å². The van der Waals surface area contributed by atoms with Crippen molar-refractivity contribution in [1.82, 2.24) is 4.90 Å². The standard InChI is InChI=1S/C13H19NO3S/c1-10-7-8-11(18-10)9-14(2)12(15)5-3-4-6-13(16)17/h7-8H,3-6,9H2,1-2H3,(H,16,17). The summed E-state index contributed by atoms with van der Waals surface area (Å²) in [6, 6.07) is 4.08. The number of carboxylic acids is 1. The van der Waals surface area contributed by atoms with E-state index in [0.717, 1.165) is 0 Å². The monoisotopic (exact) mass is 269 g/mol. The Morgan fingerprint density at radius 3 is 2.50 bits per heavy atom. The molecule has 0 spiro atoms. The van der Waals surface area contributed by atoms with E-state index in [1.165, 1.54) is 9.75 Å². The quantitative estimate of drug-likeness (QED) is 0.774. The summed E-state index contributed by atoms with van der Waals surface area (Å²) < 4.78 is 0. The van der Waals surface area contributed by atoms with E-state index >= 15 is 0 Å². The number of unbranched alkanes of at least 4 members (excludes halogenated alkanes) is 1. The van der Waals surface area contributed by atoms with Gasteiger partial charge in [-0.25, -0.2) is 0 Å². The van der Waals surface area contributed by atoms with Crippen LogP contribution >= 0.6 is 11.3 Å². The molecule has 0 saturated heterocycles. The molecular formula is C13H19NO3S. The molecule has 5 heteroatoms. The first-order valence-corrected chi connectivity index (χ1v) is 6.81. The molecular weight excluding hydrogens is 250 g/mol. The van der Waals surface area contributed by atoms with Gasteiger partial charge in [0.1, 0.15) is 0 Å². The second-order valence-corrected chi connectivity index (χ2v) is 5.74. The smallest absolute Gasteiger partial charge is 0.303 e. The Labute approximate surface area is 111 Å². The molecule has 1 amide bonds. The number of thiophene rings is 1. The van der Waals surface area contributed by atoms with Gasteiger partial charge in [-0.3, -0.25) is 9.59 Å². The topological polar surface area (TPSA) is 57.6 Å². The van der Waals surface area contributed by atoms with Gasteiger partial charge in [-0.2, -0.15) is 0 Å². The number of carbonyl (C=O) groups excluding carboxylic acids is 1. The zero-order valence-electron chi connectivity index (χ0n) is 10.8. The molecule has 0 aliphatic carbocycles. The number of carboxylic acid groups (broad SMARTS) is 1. The predicted octanol–water partition coefficient (Wildman–Crippen LogP) is 2.66. The van der Waals surface area contributed by atoms with Crippen LogP contribution in [0.3, 0.4) is 0 Å². The van der Waals surface area contributed by atoms with Gasteiger partial charge in [0.05, 0.1) is 6.54 Å². The Bertz CT molecular complexity index is 414. The Morgan fingerprint density at radius 2 is 1.94 bits per heavy atom. The number of aryl methyl sites for hydroxylation is 1. The summed E-state index contributed by atoms with van der Waals surface area (Å²) >= 11 is 1.69. The maximum atomic E-state index is 11.8. The van der Waals surface area contributed by atoms with E-state index in [4.69, 9.17) is 5.11 Å². The first kappa shape index (κ1) is 14.7. The summed E-state index contributed by atoms with van der Waals surface area (Å²) in [7, 11) is 1.79. The van der Waals surface area contributed by atoms with E-state index in [1.807, 2.05) is 19.1 Å². The minimum absolute atomic E-state index is 0.0754. The van der Waals surface area contributed by atoms with Crippen LogP contribution in [0.2, 0.25) is 0 Å². The highest BCUT2D eigenvalue weighted by molar-refractivity contribution is 7.11. The summed E-state index contributed by atoms with van der Waals surface area (Å²) in [6.45, 7) is 2.68. The van der Waals surface area contributed by atoms with Gasteiger partial charge in [-0.05, 0) is 31.9 Å². The number of hydrogen-bond acceptors (Lipinski definition) is 3. The van der Waals surface area contributed by atoms with Crippen LogP contribution in [0.25, 0.3) is 0 Å². The molecule has 1 N–H and O–H groups in total. The Hall–Kier alpha value is -1.36. The fourth-order valence-corrected chi connectivity index (χ4v) is 2.58. The van der Waals surface area contributed by atoms with E-state index in [2.05, 4.69) is 0 Å². The van der Waals surface area contributed by atoms with Crippen LogP contribution in [0, 0.1) is 6.92 Å². The SMILES string of the molecule is Cc1ccc(CN(C)C(=O)CCCCC(=O)O)s1. The van der Waals surface area contributed by atoms with Crippen LogP contribution in [0.5, 0.6) is 0 Å². The lowest BCUT2D eigenvalue weighted by Gasteiger charge is -2.15. The molecule has 0 bridgehead atoms. The molecule has 1 aromatic rings. The largest absolute Gasteiger partial charge is 0.481 e. The van der Waals surface area contributed by atoms with E-state index in [0.29, 0.717) is 25.8 Å². The zero-order chi connectivity index (χ0) is 13.5. The molecule has 1 rings (SSSR count). The maximum Gasteiger partial charge on any atom is 0.303 e. The van der Waals surface area contributed by atoms with Gasteiger partial charge >= 0.3 is 5.97 Å². The molecule has 0 aliphatic rings. The van der Waals surface area contributed by atoms with Crippen LogP contribution < -0.4 is 0 Å². The van der Waals surface area contributed by atoms with E-state index in [9.17, 15) is 9.59 Å². The fourth-order valence-electron chi connectivity index (χ4n) is 1.64. The van der Waals surface area contributed by atoms with Crippen LogP contribution in [0.15, 0.2) is 12.1 Å². The van der Waals surface area contributed by atoms with Gasteiger partial charge in [0.15, 0.2) is 0 Å². The summed E-state index contributed by atoms with van der Waals surface area (Å²) in [4.78, 5) is 26.2. The summed E-state index contributed by atoms with van der Waals surface area (Å²) in [5.41, 5.74) is 0. The number of carbonyl (C=O) groups is 2. The molecule has 0 aromatic carbocycles. The van der Waals surface area contributed by atoms with E-state index < -0.39 is 5.97 Å². The number of nitrogens with zero attached hydrogens (tertiary/aromatic N) is 1. The summed E-state index contributed by atoms with van der Waals surface area (Å²) in [5, 5.41) is 8.49. The summed E-state index contributed by atoms with van der Waals surface area (Å²) in [5.74, 6) is -0.726. The second kappa shape index (κ2) is 7.16. The van der Waals surface area contributed by atoms with Gasteiger partial charge in [-0.15, -0.1) is 11.3 Å². The molecule has 0 unspecified atom stereocenters. The van der Waals surface area contributed by atoms with Crippen LogP contribution in [0.4, 0.5) is 0 Å². The van der Waals surface area contributed by atoms with E-state index in [-0.39, 0.29) is 12.3 Å². The van der Waals surface area contributed by atoms with Crippen LogP contribution in [-0.2, 0) is 16.1 Å². The molecule has 0 fully saturated rings. The van der Waals surface area contributed by atoms with Crippen molar-refractivity contribution in [3.05, 3.63) is 21.9 Å². The van der Waals surface area contributed by atoms with Gasteiger partial charge < -0.3 is 10.0 Å². The first-order chi connectivity index (χ1) is 8.49. The van der Waals surface area contributed by atoms with Gasteiger partial charge in [0.25, 0.3) is 0 Å². The maximum absolute atomic E-state index is 11.8. The molecule has 0 saturated carbocycles. The van der Waals surface area contributed by atoms with Gasteiger partial charge in [-0.1, -0.05) is 0 Å². The van der Waals surface area contributed by atoms with Crippen molar-refractivity contribution in [2.45, 2.75) is 39.2 Å². The zero-order valence-corrected chi connectivity index (χ0v) is 11.6. The molecule has 1 aromatic heterocycles. The van der Waals surface area contributed by atoms with Crippen molar-refractivity contribution >= 4 is 23.2 Å². The Morgan fingerprint density at radius 1 is 1.28 bits per heavy atom. The van der Waals surface area contributed by atoms with Gasteiger partial charge in [0.2, 0.25) is 5.91 Å². The highest BCUT2D eigenvalue weighted by Crippen LogP contribution is 2.17.